The number of hydrogen-bond acceptors (Lipinski definition) is 4. The van der Waals surface area contributed by atoms with E-state index < -0.39 is 0 Å². The first kappa shape index (κ1) is 15.0. The van der Waals surface area contributed by atoms with Crippen LogP contribution in [-0.2, 0) is 17.6 Å². The normalized spacial score (nSPS) is 16.7. The number of thiazole rings is 1. The van der Waals surface area contributed by atoms with Crippen LogP contribution in [0.3, 0.4) is 0 Å². The standard InChI is InChI=1S/C17H20N2O2S/c1-12-16(22-11-19-12)8-9-17(20)18-10-14-7-6-13-4-2-3-5-15(13)21-14/h2-5,11,14H,6-10H2,1H3,(H,18,20)/t14-/m1/s1. The molecule has 0 spiro atoms. The van der Waals surface area contributed by atoms with Crippen molar-refractivity contribution in [3.8, 4) is 5.75 Å². The Morgan fingerprint density at radius 3 is 3.14 bits per heavy atom. The zero-order valence-electron chi connectivity index (χ0n) is 12.7. The molecule has 0 fully saturated rings. The molecule has 1 aliphatic heterocycles. The Hall–Kier alpha value is -1.88. The van der Waals surface area contributed by atoms with Crippen LogP contribution in [-0.4, -0.2) is 23.5 Å². The summed E-state index contributed by atoms with van der Waals surface area (Å²) in [7, 11) is 0. The van der Waals surface area contributed by atoms with Crippen LogP contribution in [0.15, 0.2) is 29.8 Å². The van der Waals surface area contributed by atoms with Crippen molar-refractivity contribution in [3.63, 3.8) is 0 Å². The largest absolute Gasteiger partial charge is 0.488 e. The monoisotopic (exact) mass is 316 g/mol. The minimum Gasteiger partial charge on any atom is -0.488 e. The van der Waals surface area contributed by atoms with Gasteiger partial charge in [-0.15, -0.1) is 11.3 Å². The van der Waals surface area contributed by atoms with Crippen molar-refractivity contribution in [3.05, 3.63) is 45.9 Å². The number of rotatable bonds is 5. The number of aromatic nitrogens is 1. The lowest BCUT2D eigenvalue weighted by atomic mass is 10.0. The maximum Gasteiger partial charge on any atom is 0.220 e. The maximum absolute atomic E-state index is 12.0. The number of aryl methyl sites for hydroxylation is 3. The smallest absolute Gasteiger partial charge is 0.220 e. The molecule has 1 N–H and O–H groups in total. The summed E-state index contributed by atoms with van der Waals surface area (Å²) in [4.78, 5) is 17.4. The van der Waals surface area contributed by atoms with E-state index in [0.29, 0.717) is 13.0 Å². The summed E-state index contributed by atoms with van der Waals surface area (Å²) >= 11 is 1.61. The van der Waals surface area contributed by atoms with Gasteiger partial charge in [-0.2, -0.15) is 0 Å². The molecule has 22 heavy (non-hydrogen) atoms. The second kappa shape index (κ2) is 6.92. The van der Waals surface area contributed by atoms with E-state index in [1.54, 1.807) is 11.3 Å². The number of nitrogens with zero attached hydrogens (tertiary/aromatic N) is 1. The fourth-order valence-electron chi connectivity index (χ4n) is 2.63. The third-order valence-corrected chi connectivity index (χ3v) is 4.95. The molecule has 4 nitrogen and oxygen atoms in total. The number of nitrogens with one attached hydrogen (secondary N) is 1. The predicted molar refractivity (Wildman–Crippen MR) is 87.4 cm³/mol. The van der Waals surface area contributed by atoms with Gasteiger partial charge in [0.05, 0.1) is 17.7 Å². The second-order valence-corrected chi connectivity index (χ2v) is 6.49. The maximum atomic E-state index is 12.0. The summed E-state index contributed by atoms with van der Waals surface area (Å²) in [6, 6.07) is 8.11. The van der Waals surface area contributed by atoms with Gasteiger partial charge in [-0.3, -0.25) is 4.79 Å². The highest BCUT2D eigenvalue weighted by Gasteiger charge is 2.19. The van der Waals surface area contributed by atoms with Crippen LogP contribution < -0.4 is 10.1 Å². The molecule has 1 aromatic carbocycles. The molecule has 0 radical (unpaired) electrons. The Morgan fingerprint density at radius 1 is 1.45 bits per heavy atom. The van der Waals surface area contributed by atoms with E-state index in [-0.39, 0.29) is 12.0 Å². The molecule has 1 aromatic heterocycles. The molecule has 0 aliphatic carbocycles. The molecule has 0 bridgehead atoms. The highest BCUT2D eigenvalue weighted by atomic mass is 32.1. The molecule has 1 amide bonds. The van der Waals surface area contributed by atoms with E-state index in [1.807, 2.05) is 30.6 Å². The number of ether oxygens (including phenoxy) is 1. The Morgan fingerprint density at radius 2 is 2.32 bits per heavy atom. The molecule has 0 saturated heterocycles. The molecule has 2 heterocycles. The van der Waals surface area contributed by atoms with Crippen LogP contribution >= 0.6 is 11.3 Å². The summed E-state index contributed by atoms with van der Waals surface area (Å²) in [5.74, 6) is 1.03. The van der Waals surface area contributed by atoms with E-state index >= 15 is 0 Å². The van der Waals surface area contributed by atoms with Crippen LogP contribution in [0.5, 0.6) is 5.75 Å². The topological polar surface area (TPSA) is 51.2 Å². The van der Waals surface area contributed by atoms with Crippen molar-refractivity contribution in [2.45, 2.75) is 38.7 Å². The van der Waals surface area contributed by atoms with Crippen LogP contribution in [0.4, 0.5) is 0 Å². The molecule has 5 heteroatoms. The number of carbonyl (C=O) groups is 1. The van der Waals surface area contributed by atoms with Crippen molar-refractivity contribution < 1.29 is 9.53 Å². The second-order valence-electron chi connectivity index (χ2n) is 5.55. The summed E-state index contributed by atoms with van der Waals surface area (Å²) in [6.45, 7) is 2.56. The third-order valence-electron chi connectivity index (χ3n) is 3.95. The van der Waals surface area contributed by atoms with Crippen LogP contribution in [0, 0.1) is 6.92 Å². The quantitative estimate of drug-likeness (QED) is 0.923. The lowest BCUT2D eigenvalue weighted by molar-refractivity contribution is -0.121. The molecular weight excluding hydrogens is 296 g/mol. The van der Waals surface area contributed by atoms with Crippen molar-refractivity contribution >= 4 is 17.2 Å². The first-order valence-electron chi connectivity index (χ1n) is 7.62. The highest BCUT2D eigenvalue weighted by molar-refractivity contribution is 7.09. The summed E-state index contributed by atoms with van der Waals surface area (Å²) in [5, 5.41) is 2.99. The van der Waals surface area contributed by atoms with Crippen LogP contribution in [0.25, 0.3) is 0 Å². The van der Waals surface area contributed by atoms with Gasteiger partial charge in [0.15, 0.2) is 0 Å². The Labute approximate surface area is 134 Å². The first-order chi connectivity index (χ1) is 10.7. The van der Waals surface area contributed by atoms with E-state index in [0.717, 1.165) is 30.7 Å². The van der Waals surface area contributed by atoms with Gasteiger partial charge in [0.25, 0.3) is 0 Å². The highest BCUT2D eigenvalue weighted by Crippen LogP contribution is 2.26. The average Bonchev–Trinajstić information content (AvgIpc) is 2.96. The molecule has 0 unspecified atom stereocenters. The van der Waals surface area contributed by atoms with Crippen molar-refractivity contribution in [2.75, 3.05) is 6.54 Å². The zero-order valence-corrected chi connectivity index (χ0v) is 13.5. The van der Waals surface area contributed by atoms with Gasteiger partial charge in [-0.25, -0.2) is 4.98 Å². The number of para-hydroxylation sites is 1. The van der Waals surface area contributed by atoms with Crippen molar-refractivity contribution in [1.82, 2.24) is 10.3 Å². The minimum atomic E-state index is 0.0731. The fraction of sp³-hybridized carbons (Fsp3) is 0.412. The predicted octanol–water partition coefficient (Wildman–Crippen LogP) is 2.89. The molecule has 1 aliphatic rings. The Kier molecular flexibility index (Phi) is 4.73. The molecule has 3 rings (SSSR count). The van der Waals surface area contributed by atoms with Crippen LogP contribution in [0.1, 0.15) is 29.0 Å². The molecule has 0 saturated carbocycles. The van der Waals surface area contributed by atoms with Crippen molar-refractivity contribution in [2.24, 2.45) is 0 Å². The number of hydrogen-bond donors (Lipinski definition) is 1. The van der Waals surface area contributed by atoms with Gasteiger partial charge in [0, 0.05) is 11.3 Å². The first-order valence-corrected chi connectivity index (χ1v) is 8.50. The van der Waals surface area contributed by atoms with Gasteiger partial charge >= 0.3 is 0 Å². The number of amides is 1. The minimum absolute atomic E-state index is 0.0731. The van der Waals surface area contributed by atoms with Gasteiger partial charge in [0.1, 0.15) is 11.9 Å². The molecular formula is C17H20N2O2S. The zero-order chi connectivity index (χ0) is 15.4. The SMILES string of the molecule is Cc1ncsc1CCC(=O)NC[C@H]1CCc2ccccc2O1. The van der Waals surface area contributed by atoms with Gasteiger partial charge in [-0.05, 0) is 37.8 Å². The molecule has 2 aromatic rings. The molecule has 1 atom stereocenters. The van der Waals surface area contributed by atoms with E-state index in [1.165, 1.54) is 10.4 Å². The number of benzene rings is 1. The lowest BCUT2D eigenvalue weighted by Gasteiger charge is -2.26. The van der Waals surface area contributed by atoms with Gasteiger partial charge in [-0.1, -0.05) is 18.2 Å². The van der Waals surface area contributed by atoms with E-state index in [2.05, 4.69) is 16.4 Å². The summed E-state index contributed by atoms with van der Waals surface area (Å²) in [5.41, 5.74) is 4.12. The lowest BCUT2D eigenvalue weighted by Crippen LogP contribution is -2.37. The average molecular weight is 316 g/mol. The third kappa shape index (κ3) is 3.65. The number of fused-ring (bicyclic) bond motifs is 1. The summed E-state index contributed by atoms with van der Waals surface area (Å²) < 4.78 is 5.93. The Balaban J connectivity index is 1.43. The van der Waals surface area contributed by atoms with E-state index in [4.69, 9.17) is 4.74 Å². The Bertz CT molecular complexity index is 654. The van der Waals surface area contributed by atoms with Gasteiger partial charge < -0.3 is 10.1 Å². The van der Waals surface area contributed by atoms with Crippen LogP contribution in [0.2, 0.25) is 0 Å². The molecule has 116 valence electrons. The fourth-order valence-corrected chi connectivity index (χ4v) is 3.41. The summed E-state index contributed by atoms with van der Waals surface area (Å²) in [6.07, 6.45) is 3.30. The van der Waals surface area contributed by atoms with Gasteiger partial charge in [0.2, 0.25) is 5.91 Å². The van der Waals surface area contributed by atoms with Crippen molar-refractivity contribution in [1.29, 1.82) is 0 Å². The van der Waals surface area contributed by atoms with E-state index in [9.17, 15) is 4.79 Å². The number of carbonyl (C=O) groups excluding carboxylic acids is 1.